The number of hydrogen-bond donors (Lipinski definition) is 3. The summed E-state index contributed by atoms with van der Waals surface area (Å²) in [4.78, 5) is 48.2. The quantitative estimate of drug-likeness (QED) is 0.481. The molecule has 4 rings (SSSR count). The second kappa shape index (κ2) is 9.43. The van der Waals surface area contributed by atoms with Crippen LogP contribution in [0.5, 0.6) is 0 Å². The molecule has 0 aromatic carbocycles. The molecule has 1 aliphatic rings. The van der Waals surface area contributed by atoms with Gasteiger partial charge in [0.15, 0.2) is 17.2 Å². The van der Waals surface area contributed by atoms with Crippen LogP contribution in [0.25, 0.3) is 0 Å². The van der Waals surface area contributed by atoms with Crippen molar-refractivity contribution in [3.63, 3.8) is 0 Å². The van der Waals surface area contributed by atoms with Crippen molar-refractivity contribution < 1.29 is 14.7 Å². The Kier molecular flexibility index (Phi) is 6.26. The molecule has 11 nitrogen and oxygen atoms in total. The molecule has 1 saturated carbocycles. The first kappa shape index (κ1) is 21.2. The standard InChI is InChI=1S/C21H22N8O3/c1-29(7-8-30)21(32)17-15(3-2-6-24-17)28-20(31)18-19(26-14-9-22-12-23-10-14)25-11-16(27-18)13-4-5-13/h2-3,6,9-13,30H,4-5,7-8H2,1H3,(H,25,26)(H,28,31). The molecule has 3 N–H and O–H groups in total. The lowest BCUT2D eigenvalue weighted by atomic mass is 10.2. The van der Waals surface area contributed by atoms with Crippen LogP contribution in [0.15, 0.2) is 43.2 Å². The molecule has 11 heteroatoms. The van der Waals surface area contributed by atoms with E-state index in [0.29, 0.717) is 11.6 Å². The summed E-state index contributed by atoms with van der Waals surface area (Å²) < 4.78 is 0. The number of likely N-dealkylation sites (N-methyl/N-ethyl adjacent to an activating group) is 1. The minimum Gasteiger partial charge on any atom is -0.395 e. The molecule has 0 atom stereocenters. The number of aliphatic hydroxyl groups is 1. The summed E-state index contributed by atoms with van der Waals surface area (Å²) in [5.74, 6) is -0.416. The average molecular weight is 434 g/mol. The number of nitrogens with one attached hydrogen (secondary N) is 2. The maximum atomic E-state index is 13.2. The molecule has 3 aromatic heterocycles. The molecule has 1 aliphatic carbocycles. The van der Waals surface area contributed by atoms with Gasteiger partial charge < -0.3 is 20.6 Å². The van der Waals surface area contributed by atoms with E-state index in [0.717, 1.165) is 18.5 Å². The topological polar surface area (TPSA) is 146 Å². The minimum atomic E-state index is -0.536. The summed E-state index contributed by atoms with van der Waals surface area (Å²) in [6, 6.07) is 3.20. The molecule has 0 bridgehead atoms. The van der Waals surface area contributed by atoms with E-state index in [9.17, 15) is 9.59 Å². The minimum absolute atomic E-state index is 0.0640. The van der Waals surface area contributed by atoms with Crippen molar-refractivity contribution in [3.8, 4) is 0 Å². The van der Waals surface area contributed by atoms with Gasteiger partial charge in [0, 0.05) is 25.7 Å². The zero-order valence-electron chi connectivity index (χ0n) is 17.4. The Labute approximate surface area is 184 Å². The van der Waals surface area contributed by atoms with Crippen LogP contribution >= 0.6 is 0 Å². The molecule has 32 heavy (non-hydrogen) atoms. The zero-order valence-corrected chi connectivity index (χ0v) is 17.4. The van der Waals surface area contributed by atoms with Gasteiger partial charge in [0.2, 0.25) is 0 Å². The van der Waals surface area contributed by atoms with E-state index in [4.69, 9.17) is 5.11 Å². The lowest BCUT2D eigenvalue weighted by Crippen LogP contribution is -2.31. The first-order chi connectivity index (χ1) is 15.6. The van der Waals surface area contributed by atoms with Crippen LogP contribution in [-0.2, 0) is 0 Å². The molecule has 0 unspecified atom stereocenters. The molecule has 0 radical (unpaired) electrons. The third kappa shape index (κ3) is 4.83. The summed E-state index contributed by atoms with van der Waals surface area (Å²) in [5.41, 5.74) is 1.69. The van der Waals surface area contributed by atoms with Crippen molar-refractivity contribution in [2.24, 2.45) is 0 Å². The van der Waals surface area contributed by atoms with Gasteiger partial charge in [-0.15, -0.1) is 0 Å². The van der Waals surface area contributed by atoms with Crippen molar-refractivity contribution in [1.29, 1.82) is 0 Å². The highest BCUT2D eigenvalue weighted by Crippen LogP contribution is 2.39. The monoisotopic (exact) mass is 434 g/mol. The number of aliphatic hydroxyl groups excluding tert-OH is 1. The molecule has 1 fully saturated rings. The van der Waals surface area contributed by atoms with Gasteiger partial charge in [0.25, 0.3) is 11.8 Å². The second-order valence-corrected chi connectivity index (χ2v) is 7.32. The van der Waals surface area contributed by atoms with E-state index in [1.165, 1.54) is 17.4 Å². The molecule has 3 heterocycles. The number of anilines is 3. The Morgan fingerprint density at radius 3 is 2.66 bits per heavy atom. The van der Waals surface area contributed by atoms with Gasteiger partial charge in [-0.05, 0) is 25.0 Å². The van der Waals surface area contributed by atoms with Crippen molar-refractivity contribution in [3.05, 3.63) is 60.3 Å². The number of carbonyl (C=O) groups is 2. The molecule has 164 valence electrons. The molecule has 0 spiro atoms. The third-order valence-electron chi connectivity index (χ3n) is 4.87. The van der Waals surface area contributed by atoms with E-state index >= 15 is 0 Å². The maximum Gasteiger partial charge on any atom is 0.278 e. The summed E-state index contributed by atoms with van der Waals surface area (Å²) in [7, 11) is 1.55. The van der Waals surface area contributed by atoms with E-state index in [2.05, 4.69) is 35.6 Å². The number of pyridine rings is 1. The van der Waals surface area contributed by atoms with E-state index < -0.39 is 11.8 Å². The summed E-state index contributed by atoms with van der Waals surface area (Å²) in [5, 5.41) is 14.9. The maximum absolute atomic E-state index is 13.2. The fourth-order valence-electron chi connectivity index (χ4n) is 3.02. The first-order valence-electron chi connectivity index (χ1n) is 10.1. The van der Waals surface area contributed by atoms with Gasteiger partial charge in [-0.2, -0.15) is 0 Å². The number of aromatic nitrogens is 5. The Morgan fingerprint density at radius 1 is 1.16 bits per heavy atom. The SMILES string of the molecule is CN(CCO)C(=O)c1ncccc1NC(=O)c1nc(C2CC2)cnc1Nc1cncnc1. The normalized spacial score (nSPS) is 12.8. The lowest BCUT2D eigenvalue weighted by Gasteiger charge is -2.17. The Bertz CT molecular complexity index is 1120. The van der Waals surface area contributed by atoms with Crippen LogP contribution < -0.4 is 10.6 Å². The van der Waals surface area contributed by atoms with Crippen LogP contribution in [0.3, 0.4) is 0 Å². The molecule has 2 amide bonds. The fourth-order valence-corrected chi connectivity index (χ4v) is 3.02. The average Bonchev–Trinajstić information content (AvgIpc) is 3.65. The predicted octanol–water partition coefficient (Wildman–Crippen LogP) is 1.60. The number of hydrogen-bond acceptors (Lipinski definition) is 9. The number of rotatable bonds is 8. The highest BCUT2D eigenvalue weighted by atomic mass is 16.3. The molecular formula is C21H22N8O3. The zero-order chi connectivity index (χ0) is 22.5. The number of carbonyl (C=O) groups excluding carboxylic acids is 2. The molecule has 3 aromatic rings. The summed E-state index contributed by atoms with van der Waals surface area (Å²) >= 11 is 0. The van der Waals surface area contributed by atoms with E-state index in [1.54, 1.807) is 37.8 Å². The highest BCUT2D eigenvalue weighted by molar-refractivity contribution is 6.09. The van der Waals surface area contributed by atoms with Crippen LogP contribution in [-0.4, -0.2) is 66.9 Å². The number of nitrogens with zero attached hydrogens (tertiary/aromatic N) is 6. The smallest absolute Gasteiger partial charge is 0.278 e. The van der Waals surface area contributed by atoms with Gasteiger partial charge in [-0.3, -0.25) is 9.59 Å². The van der Waals surface area contributed by atoms with Gasteiger partial charge in [0.1, 0.15) is 6.33 Å². The second-order valence-electron chi connectivity index (χ2n) is 7.32. The van der Waals surface area contributed by atoms with Crippen LogP contribution in [0.2, 0.25) is 0 Å². The molecular weight excluding hydrogens is 412 g/mol. The van der Waals surface area contributed by atoms with Crippen molar-refractivity contribution in [1.82, 2.24) is 29.8 Å². The number of amides is 2. The summed E-state index contributed by atoms with van der Waals surface area (Å²) in [6.45, 7) is -0.0382. The molecule has 0 saturated heterocycles. The molecule has 0 aliphatic heterocycles. The van der Waals surface area contributed by atoms with Crippen molar-refractivity contribution in [2.75, 3.05) is 30.8 Å². The summed E-state index contributed by atoms with van der Waals surface area (Å²) in [6.07, 6.45) is 9.64. The van der Waals surface area contributed by atoms with Crippen LogP contribution in [0, 0.1) is 0 Å². The van der Waals surface area contributed by atoms with Crippen molar-refractivity contribution in [2.45, 2.75) is 18.8 Å². The largest absolute Gasteiger partial charge is 0.395 e. The van der Waals surface area contributed by atoms with Gasteiger partial charge >= 0.3 is 0 Å². The Balaban J connectivity index is 1.63. The van der Waals surface area contributed by atoms with Crippen molar-refractivity contribution >= 4 is 29.0 Å². The van der Waals surface area contributed by atoms with Gasteiger partial charge in [-0.1, -0.05) is 0 Å². The highest BCUT2D eigenvalue weighted by Gasteiger charge is 2.28. The van der Waals surface area contributed by atoms with Gasteiger partial charge in [-0.25, -0.2) is 24.9 Å². The van der Waals surface area contributed by atoms with E-state index in [1.807, 2.05) is 0 Å². The Morgan fingerprint density at radius 2 is 1.94 bits per heavy atom. The third-order valence-corrected chi connectivity index (χ3v) is 4.87. The predicted molar refractivity (Wildman–Crippen MR) is 116 cm³/mol. The Hall–Kier alpha value is -3.99. The van der Waals surface area contributed by atoms with Crippen LogP contribution in [0.4, 0.5) is 17.2 Å². The lowest BCUT2D eigenvalue weighted by molar-refractivity contribution is 0.0762. The van der Waals surface area contributed by atoms with Gasteiger partial charge in [0.05, 0.1) is 42.3 Å². The van der Waals surface area contributed by atoms with Crippen LogP contribution in [0.1, 0.15) is 45.4 Å². The van der Waals surface area contributed by atoms with E-state index in [-0.39, 0.29) is 36.0 Å². The fraction of sp³-hybridized carbons (Fsp3) is 0.286. The first-order valence-corrected chi connectivity index (χ1v) is 10.1.